The number of alkyl halides is 1. The van der Waals surface area contributed by atoms with Crippen molar-refractivity contribution >= 4 is 0 Å². The smallest absolute Gasteiger partial charge is 0.114 e. The third-order valence-corrected chi connectivity index (χ3v) is 1.91. The minimum Gasteiger partial charge on any atom is -0.392 e. The monoisotopic (exact) mass is 150 g/mol. The van der Waals surface area contributed by atoms with E-state index >= 15 is 0 Å². The summed E-state index contributed by atoms with van der Waals surface area (Å²) >= 11 is 0. The summed E-state index contributed by atoms with van der Waals surface area (Å²) in [6, 6.07) is -0.581. The van der Waals surface area contributed by atoms with Crippen molar-refractivity contribution in [3.8, 4) is 0 Å². The molecule has 0 radical (unpaired) electrons. The molecule has 1 aliphatic rings. The van der Waals surface area contributed by atoms with E-state index in [1.54, 1.807) is 11.9 Å². The summed E-state index contributed by atoms with van der Waals surface area (Å²) in [7, 11) is 1.62. The highest BCUT2D eigenvalue weighted by molar-refractivity contribution is 4.86. The minimum absolute atomic E-state index is 0.107. The van der Waals surface area contributed by atoms with Crippen LogP contribution < -0.4 is 0 Å². The van der Waals surface area contributed by atoms with Crippen LogP contribution >= 0.6 is 0 Å². The summed E-state index contributed by atoms with van der Waals surface area (Å²) in [6.07, 6.45) is -2.36. The number of aliphatic hydroxyl groups is 1. The van der Waals surface area contributed by atoms with Crippen molar-refractivity contribution in [1.29, 1.82) is 0 Å². The van der Waals surface area contributed by atoms with Crippen LogP contribution in [0.25, 0.3) is 0 Å². The van der Waals surface area contributed by atoms with Crippen LogP contribution in [0.4, 0.5) is 4.39 Å². The van der Waals surface area contributed by atoms with Crippen LogP contribution in [0.5, 0.6) is 0 Å². The van der Waals surface area contributed by atoms with E-state index in [9.17, 15) is 9.50 Å². The van der Waals surface area contributed by atoms with Gasteiger partial charge >= 0.3 is 0 Å². The van der Waals surface area contributed by atoms with Crippen molar-refractivity contribution in [1.82, 2.24) is 4.90 Å². The van der Waals surface area contributed by atoms with Gasteiger partial charge in [-0.2, -0.15) is 0 Å². The lowest BCUT2D eigenvalue weighted by atomic mass is 10.1. The average Bonchev–Trinajstić information content (AvgIpc) is 2.26. The van der Waals surface area contributed by atoms with E-state index in [0.717, 1.165) is 0 Å². The zero-order valence-corrected chi connectivity index (χ0v) is 5.92. The predicted octanol–water partition coefficient (Wildman–Crippen LogP) is 0.409. The number of rotatable bonds is 1. The van der Waals surface area contributed by atoms with Gasteiger partial charge in [0.2, 0.25) is 0 Å². The van der Waals surface area contributed by atoms with Crippen LogP contribution in [0.1, 0.15) is 17.4 Å². The van der Waals surface area contributed by atoms with Gasteiger partial charge < -0.3 is 5.11 Å². The first-order valence-electron chi connectivity index (χ1n) is 4.84. The fourth-order valence-electron chi connectivity index (χ4n) is 1.33. The molecular formula is C7H14FNO. The van der Waals surface area contributed by atoms with Crippen molar-refractivity contribution in [3.05, 3.63) is 0 Å². The van der Waals surface area contributed by atoms with Crippen LogP contribution in [0, 0.1) is 0 Å². The summed E-state index contributed by atoms with van der Waals surface area (Å²) in [6.45, 7) is -2.21. The lowest BCUT2D eigenvalue weighted by Gasteiger charge is -2.20. The quantitative estimate of drug-likeness (QED) is 0.585. The second kappa shape index (κ2) is 2.84. The van der Waals surface area contributed by atoms with E-state index < -0.39 is 25.2 Å². The standard InChI is InChI=1S/C7H14FNO/c1-5(10)7-3-6(8)4-9(7)2/h5-7,10H,3-4H2,1-2H3/t5?,6-,7+/m1/s1/i1D3. The molecule has 3 atom stereocenters. The zero-order chi connectivity index (χ0) is 10.2. The molecule has 60 valence electrons. The van der Waals surface area contributed by atoms with Crippen molar-refractivity contribution < 1.29 is 13.6 Å². The highest BCUT2D eigenvalue weighted by atomic mass is 19.1. The first kappa shape index (κ1) is 4.67. The normalized spacial score (nSPS) is 44.1. The molecule has 1 rings (SSSR count). The van der Waals surface area contributed by atoms with E-state index in [2.05, 4.69) is 0 Å². The molecule has 1 unspecified atom stereocenters. The van der Waals surface area contributed by atoms with Crippen LogP contribution in [-0.2, 0) is 0 Å². The SMILES string of the molecule is [2H]C([2H])([2H])C(O)[C@@H]1C[C@@H](F)CN1C. The Bertz CT molecular complexity index is 187. The number of aliphatic hydroxyl groups excluding tert-OH is 1. The molecule has 10 heavy (non-hydrogen) atoms. The molecule has 1 N–H and O–H groups in total. The van der Waals surface area contributed by atoms with Crippen molar-refractivity contribution in [3.63, 3.8) is 0 Å². The molecule has 3 heteroatoms. The van der Waals surface area contributed by atoms with Gasteiger partial charge in [0, 0.05) is 16.7 Å². The molecule has 0 aromatic rings. The Labute approximate surface area is 64.9 Å². The Hall–Kier alpha value is -0.150. The minimum atomic E-state index is -2.41. The Morgan fingerprint density at radius 3 is 3.00 bits per heavy atom. The molecule has 1 saturated heterocycles. The summed E-state index contributed by atoms with van der Waals surface area (Å²) in [5, 5.41) is 9.40. The van der Waals surface area contributed by atoms with Crippen molar-refractivity contribution in [2.24, 2.45) is 0 Å². The largest absolute Gasteiger partial charge is 0.392 e. The van der Waals surface area contributed by atoms with Gasteiger partial charge in [0.1, 0.15) is 6.17 Å². The molecule has 0 bridgehead atoms. The number of nitrogens with zero attached hydrogens (tertiary/aromatic N) is 1. The molecule has 0 aliphatic carbocycles. The fourth-order valence-corrected chi connectivity index (χ4v) is 1.33. The van der Waals surface area contributed by atoms with Gasteiger partial charge in [0.25, 0.3) is 0 Å². The second-order valence-electron chi connectivity index (χ2n) is 2.78. The van der Waals surface area contributed by atoms with Gasteiger partial charge in [-0.25, -0.2) is 4.39 Å². The van der Waals surface area contributed by atoms with Gasteiger partial charge in [0.05, 0.1) is 6.10 Å². The topological polar surface area (TPSA) is 23.5 Å². The second-order valence-corrected chi connectivity index (χ2v) is 2.78. The van der Waals surface area contributed by atoms with Crippen molar-refractivity contribution in [2.45, 2.75) is 31.6 Å². The fraction of sp³-hybridized carbons (Fsp3) is 1.00. The van der Waals surface area contributed by atoms with Gasteiger partial charge in [-0.15, -0.1) is 0 Å². The first-order valence-corrected chi connectivity index (χ1v) is 3.34. The molecule has 1 aliphatic heterocycles. The number of likely N-dealkylation sites (N-methyl/N-ethyl adjacent to an activating group) is 1. The van der Waals surface area contributed by atoms with Crippen molar-refractivity contribution in [2.75, 3.05) is 13.6 Å². The van der Waals surface area contributed by atoms with Crippen LogP contribution in [-0.4, -0.2) is 41.9 Å². The number of likely N-dealkylation sites (tertiary alicyclic amines) is 1. The maximum absolute atomic E-state index is 12.8. The maximum atomic E-state index is 12.8. The highest BCUT2D eigenvalue weighted by Crippen LogP contribution is 2.20. The molecule has 2 nitrogen and oxygen atoms in total. The zero-order valence-electron chi connectivity index (χ0n) is 8.92. The number of hydrogen-bond donors (Lipinski definition) is 1. The Morgan fingerprint density at radius 2 is 2.60 bits per heavy atom. The Morgan fingerprint density at radius 1 is 1.90 bits per heavy atom. The van der Waals surface area contributed by atoms with E-state index in [4.69, 9.17) is 4.11 Å². The van der Waals surface area contributed by atoms with Crippen LogP contribution in [0.3, 0.4) is 0 Å². The van der Waals surface area contributed by atoms with Gasteiger partial charge in [-0.05, 0) is 20.3 Å². The van der Waals surface area contributed by atoms with Crippen LogP contribution in [0.2, 0.25) is 0 Å². The van der Waals surface area contributed by atoms with E-state index in [0.29, 0.717) is 0 Å². The predicted molar refractivity (Wildman–Crippen MR) is 37.6 cm³/mol. The first-order chi connectivity index (χ1) is 5.82. The molecule has 0 aromatic carbocycles. The Kier molecular flexibility index (Phi) is 1.33. The number of halogens is 1. The molecule has 0 saturated carbocycles. The lowest BCUT2D eigenvalue weighted by molar-refractivity contribution is 0.101. The summed E-state index contributed by atoms with van der Waals surface area (Å²) in [5.74, 6) is 0. The highest BCUT2D eigenvalue weighted by Gasteiger charge is 2.31. The number of hydrogen-bond acceptors (Lipinski definition) is 2. The van der Waals surface area contributed by atoms with E-state index in [-0.39, 0.29) is 13.0 Å². The molecule has 1 heterocycles. The third kappa shape index (κ3) is 1.47. The van der Waals surface area contributed by atoms with E-state index in [1.165, 1.54) is 0 Å². The summed E-state index contributed by atoms with van der Waals surface area (Å²) in [5.41, 5.74) is 0. The molecule has 0 amide bonds. The molecule has 0 spiro atoms. The molecular weight excluding hydrogens is 133 g/mol. The average molecular weight is 150 g/mol. The summed E-state index contributed by atoms with van der Waals surface area (Å²) in [4.78, 5) is 1.56. The summed E-state index contributed by atoms with van der Waals surface area (Å²) < 4.78 is 33.8. The van der Waals surface area contributed by atoms with E-state index in [1.807, 2.05) is 0 Å². The third-order valence-electron chi connectivity index (χ3n) is 1.91. The maximum Gasteiger partial charge on any atom is 0.114 e. The van der Waals surface area contributed by atoms with Gasteiger partial charge in [-0.3, -0.25) is 4.90 Å². The van der Waals surface area contributed by atoms with Gasteiger partial charge in [0.15, 0.2) is 0 Å². The Balaban J connectivity index is 2.62. The molecule has 1 fully saturated rings. The van der Waals surface area contributed by atoms with Gasteiger partial charge in [-0.1, -0.05) is 0 Å². The lowest BCUT2D eigenvalue weighted by Crippen LogP contribution is -2.34. The molecule has 0 aromatic heterocycles. The van der Waals surface area contributed by atoms with Crippen LogP contribution in [0.15, 0.2) is 0 Å².